The van der Waals surface area contributed by atoms with Gasteiger partial charge in [0.25, 0.3) is 0 Å². The predicted molar refractivity (Wildman–Crippen MR) is 30.1 cm³/mol. The van der Waals surface area contributed by atoms with E-state index in [9.17, 15) is 0 Å². The highest BCUT2D eigenvalue weighted by Gasteiger charge is 2.25. The SMILES string of the molecule is C=C=C[C@H]1C[N@@]1C. The van der Waals surface area contributed by atoms with Crippen LogP contribution < -0.4 is 0 Å². The molecular weight excluding hydrogens is 86.1 g/mol. The molecule has 0 aromatic heterocycles. The van der Waals surface area contributed by atoms with Crippen molar-refractivity contribution in [2.24, 2.45) is 0 Å². The van der Waals surface area contributed by atoms with E-state index in [1.54, 1.807) is 0 Å². The summed E-state index contributed by atoms with van der Waals surface area (Å²) in [5.74, 6) is 0. The van der Waals surface area contributed by atoms with E-state index in [0.29, 0.717) is 6.04 Å². The lowest BCUT2D eigenvalue weighted by Crippen LogP contribution is -1.86. The molecule has 0 aliphatic carbocycles. The molecule has 7 heavy (non-hydrogen) atoms. The Morgan fingerprint density at radius 1 is 2.00 bits per heavy atom. The third-order valence-electron chi connectivity index (χ3n) is 1.22. The molecule has 0 bridgehead atoms. The summed E-state index contributed by atoms with van der Waals surface area (Å²) in [7, 11) is 2.08. The van der Waals surface area contributed by atoms with Gasteiger partial charge < -0.3 is 0 Å². The van der Waals surface area contributed by atoms with Crippen LogP contribution in [0.15, 0.2) is 18.4 Å². The van der Waals surface area contributed by atoms with E-state index < -0.39 is 0 Å². The molecule has 0 unspecified atom stereocenters. The van der Waals surface area contributed by atoms with Crippen molar-refractivity contribution < 1.29 is 0 Å². The van der Waals surface area contributed by atoms with Crippen LogP contribution in [0.5, 0.6) is 0 Å². The molecule has 0 N–H and O–H groups in total. The maximum atomic E-state index is 3.47. The molecule has 1 fully saturated rings. The van der Waals surface area contributed by atoms with Crippen molar-refractivity contribution in [1.82, 2.24) is 4.90 Å². The fourth-order valence-corrected chi connectivity index (χ4v) is 0.564. The summed E-state index contributed by atoms with van der Waals surface area (Å²) >= 11 is 0. The first-order chi connectivity index (χ1) is 3.34. The minimum absolute atomic E-state index is 0.650. The van der Waals surface area contributed by atoms with Crippen LogP contribution in [0.3, 0.4) is 0 Å². The number of rotatable bonds is 1. The van der Waals surface area contributed by atoms with Crippen LogP contribution in [0.1, 0.15) is 0 Å². The van der Waals surface area contributed by atoms with Gasteiger partial charge in [0.1, 0.15) is 0 Å². The third kappa shape index (κ3) is 0.923. The van der Waals surface area contributed by atoms with Crippen molar-refractivity contribution in [3.05, 3.63) is 18.4 Å². The molecule has 1 aliphatic heterocycles. The molecular formula is C6H9N. The van der Waals surface area contributed by atoms with Gasteiger partial charge in [-0.1, -0.05) is 6.58 Å². The van der Waals surface area contributed by atoms with Crippen LogP contribution in [0, 0.1) is 0 Å². The molecule has 0 aromatic rings. The molecule has 0 spiro atoms. The van der Waals surface area contributed by atoms with Crippen molar-refractivity contribution in [3.8, 4) is 0 Å². The van der Waals surface area contributed by atoms with Gasteiger partial charge >= 0.3 is 0 Å². The van der Waals surface area contributed by atoms with Crippen LogP contribution in [-0.4, -0.2) is 24.5 Å². The lowest BCUT2D eigenvalue weighted by Gasteiger charge is -1.78. The van der Waals surface area contributed by atoms with Crippen LogP contribution in [0.25, 0.3) is 0 Å². The van der Waals surface area contributed by atoms with Gasteiger partial charge in [-0.15, -0.1) is 5.73 Å². The Morgan fingerprint density at radius 3 is 2.71 bits per heavy atom. The fourth-order valence-electron chi connectivity index (χ4n) is 0.564. The second-order valence-electron chi connectivity index (χ2n) is 1.88. The van der Waals surface area contributed by atoms with E-state index >= 15 is 0 Å². The van der Waals surface area contributed by atoms with Gasteiger partial charge in [0, 0.05) is 12.6 Å². The first-order valence-corrected chi connectivity index (χ1v) is 2.41. The Labute approximate surface area is 43.9 Å². The van der Waals surface area contributed by atoms with Gasteiger partial charge in [0.2, 0.25) is 0 Å². The molecule has 2 atom stereocenters. The predicted octanol–water partition coefficient (Wildman–Crippen LogP) is 0.641. The minimum Gasteiger partial charge on any atom is -0.296 e. The summed E-state index contributed by atoms with van der Waals surface area (Å²) < 4.78 is 0. The zero-order valence-corrected chi connectivity index (χ0v) is 4.52. The van der Waals surface area contributed by atoms with Crippen molar-refractivity contribution in [3.63, 3.8) is 0 Å². The van der Waals surface area contributed by atoms with Crippen molar-refractivity contribution >= 4 is 0 Å². The largest absolute Gasteiger partial charge is 0.296 e. The van der Waals surface area contributed by atoms with E-state index in [1.807, 2.05) is 6.08 Å². The van der Waals surface area contributed by atoms with Gasteiger partial charge in [-0.05, 0) is 13.1 Å². The Bertz CT molecular complexity index is 111. The second kappa shape index (κ2) is 1.53. The molecule has 1 heterocycles. The highest BCUT2D eigenvalue weighted by atomic mass is 15.3. The summed E-state index contributed by atoms with van der Waals surface area (Å²) in [6.45, 7) is 4.65. The number of hydrogen-bond donors (Lipinski definition) is 0. The smallest absolute Gasteiger partial charge is 0.0477 e. The van der Waals surface area contributed by atoms with Crippen molar-refractivity contribution in [2.75, 3.05) is 13.6 Å². The summed E-state index contributed by atoms with van der Waals surface area (Å²) in [5.41, 5.74) is 2.74. The van der Waals surface area contributed by atoms with Gasteiger partial charge in [0.05, 0.1) is 0 Å². The van der Waals surface area contributed by atoms with E-state index in [1.165, 1.54) is 6.54 Å². The van der Waals surface area contributed by atoms with Crippen LogP contribution in [0.4, 0.5) is 0 Å². The molecule has 0 amide bonds. The van der Waals surface area contributed by atoms with Gasteiger partial charge in [0.15, 0.2) is 0 Å². The molecule has 1 saturated heterocycles. The minimum atomic E-state index is 0.650. The molecule has 1 heteroatoms. The second-order valence-corrected chi connectivity index (χ2v) is 1.88. The highest BCUT2D eigenvalue weighted by molar-refractivity contribution is 5.02. The lowest BCUT2D eigenvalue weighted by molar-refractivity contribution is 0.660. The van der Waals surface area contributed by atoms with Crippen LogP contribution in [0.2, 0.25) is 0 Å². The fraction of sp³-hybridized carbons (Fsp3) is 0.500. The summed E-state index contributed by atoms with van der Waals surface area (Å²) in [4.78, 5) is 2.22. The Hall–Kier alpha value is -0.520. The first kappa shape index (κ1) is 4.63. The number of nitrogens with zero attached hydrogens (tertiary/aromatic N) is 1. The standard InChI is InChI=1S/C6H9N/c1-3-4-6-5-7(6)2/h4,6H,1,5H2,2H3/t6-,7+/m0/s1. The number of hydrogen-bond acceptors (Lipinski definition) is 1. The molecule has 0 saturated carbocycles. The third-order valence-corrected chi connectivity index (χ3v) is 1.22. The Morgan fingerprint density at radius 2 is 2.57 bits per heavy atom. The molecule has 1 rings (SSSR count). The number of likely N-dealkylation sites (N-methyl/N-ethyl adjacent to an activating group) is 1. The quantitative estimate of drug-likeness (QED) is 0.341. The lowest BCUT2D eigenvalue weighted by atomic mass is 10.5. The van der Waals surface area contributed by atoms with Gasteiger partial charge in [-0.3, -0.25) is 4.90 Å². The van der Waals surface area contributed by atoms with Crippen LogP contribution in [-0.2, 0) is 0 Å². The van der Waals surface area contributed by atoms with E-state index in [0.717, 1.165) is 0 Å². The summed E-state index contributed by atoms with van der Waals surface area (Å²) in [6, 6.07) is 0.650. The van der Waals surface area contributed by atoms with Gasteiger partial charge in [-0.2, -0.15) is 0 Å². The normalized spacial score (nSPS) is 36.7. The van der Waals surface area contributed by atoms with Crippen molar-refractivity contribution in [1.29, 1.82) is 0 Å². The topological polar surface area (TPSA) is 3.01 Å². The molecule has 0 radical (unpaired) electrons. The Balaban J connectivity index is 2.34. The van der Waals surface area contributed by atoms with Crippen LogP contribution >= 0.6 is 0 Å². The van der Waals surface area contributed by atoms with Gasteiger partial charge in [-0.25, -0.2) is 0 Å². The summed E-state index contributed by atoms with van der Waals surface area (Å²) in [5, 5.41) is 0. The maximum Gasteiger partial charge on any atom is 0.0477 e. The first-order valence-electron chi connectivity index (χ1n) is 2.41. The van der Waals surface area contributed by atoms with E-state index in [4.69, 9.17) is 0 Å². The monoisotopic (exact) mass is 95.1 g/mol. The average molecular weight is 95.1 g/mol. The zero-order valence-electron chi connectivity index (χ0n) is 4.52. The Kier molecular flexibility index (Phi) is 1.01. The summed E-state index contributed by atoms with van der Waals surface area (Å²) in [6.07, 6.45) is 1.99. The maximum absolute atomic E-state index is 3.47. The molecule has 38 valence electrons. The van der Waals surface area contributed by atoms with Crippen molar-refractivity contribution in [2.45, 2.75) is 6.04 Å². The zero-order chi connectivity index (χ0) is 5.28. The molecule has 0 aromatic carbocycles. The molecule has 1 nitrogen and oxygen atoms in total. The average Bonchev–Trinajstić information content (AvgIpc) is 2.22. The van der Waals surface area contributed by atoms with E-state index in [2.05, 4.69) is 24.3 Å². The molecule has 1 aliphatic rings. The highest BCUT2D eigenvalue weighted by Crippen LogP contribution is 2.12. The van der Waals surface area contributed by atoms with E-state index in [-0.39, 0.29) is 0 Å².